The summed E-state index contributed by atoms with van der Waals surface area (Å²) in [5.41, 5.74) is 1.85. The molecule has 1 aliphatic rings. The van der Waals surface area contributed by atoms with Gasteiger partial charge in [0.25, 0.3) is 0 Å². The maximum absolute atomic E-state index is 12.6. The van der Waals surface area contributed by atoms with Gasteiger partial charge in [-0.2, -0.15) is 0 Å². The van der Waals surface area contributed by atoms with Crippen LogP contribution in [-0.2, 0) is 25.0 Å². The van der Waals surface area contributed by atoms with Crippen molar-refractivity contribution in [2.75, 3.05) is 0 Å². The predicted octanol–water partition coefficient (Wildman–Crippen LogP) is 1.80. The second kappa shape index (κ2) is 3.61. The Labute approximate surface area is 82.5 Å². The minimum atomic E-state index is -0.444. The molecular weight excluding hydrogens is 194 g/mol. The summed E-state index contributed by atoms with van der Waals surface area (Å²) in [6, 6.07) is 4.62. The molecule has 0 bridgehead atoms. The van der Waals surface area contributed by atoms with E-state index in [0.717, 1.165) is 24.0 Å². The first-order chi connectivity index (χ1) is 5.27. The zero-order valence-electron chi connectivity index (χ0n) is 6.50. The van der Waals surface area contributed by atoms with Crippen molar-refractivity contribution in [2.45, 2.75) is 18.9 Å². The van der Waals surface area contributed by atoms with Gasteiger partial charge in [-0.15, -0.1) is 0 Å². The van der Waals surface area contributed by atoms with Crippen LogP contribution in [0.15, 0.2) is 18.2 Å². The van der Waals surface area contributed by atoms with Crippen LogP contribution in [0.4, 0.5) is 4.39 Å². The normalized spacial score (nSPS) is 20.0. The summed E-state index contributed by atoms with van der Waals surface area (Å²) >= 11 is 0. The molecule has 1 atom stereocenters. The average Bonchev–Trinajstić information content (AvgIpc) is 2.33. The second-order valence-electron chi connectivity index (χ2n) is 2.90. The number of aliphatic hydroxyl groups is 1. The number of halogens is 1. The van der Waals surface area contributed by atoms with Gasteiger partial charge in [0, 0.05) is 18.6 Å². The Morgan fingerprint density at radius 3 is 2.92 bits per heavy atom. The standard InChI is InChI=1S/C9H9FO.V/c10-7-3-1-6-2-4-9(11)8(6)5-7;/h1,3,5,9,11H,2,4H2;. The van der Waals surface area contributed by atoms with E-state index < -0.39 is 6.10 Å². The van der Waals surface area contributed by atoms with Crippen molar-refractivity contribution in [3.8, 4) is 0 Å². The summed E-state index contributed by atoms with van der Waals surface area (Å²) in [5, 5.41) is 9.34. The third-order valence-corrected chi connectivity index (χ3v) is 2.15. The Hall–Kier alpha value is -0.306. The average molecular weight is 203 g/mol. The third kappa shape index (κ3) is 1.56. The van der Waals surface area contributed by atoms with Gasteiger partial charge in [-0.05, 0) is 36.1 Å². The molecule has 0 spiro atoms. The largest absolute Gasteiger partial charge is 0.388 e. The molecule has 0 saturated carbocycles. The molecule has 3 heteroatoms. The molecule has 1 nitrogen and oxygen atoms in total. The van der Waals surface area contributed by atoms with E-state index in [2.05, 4.69) is 0 Å². The molecule has 1 aromatic carbocycles. The summed E-state index contributed by atoms with van der Waals surface area (Å²) in [6.45, 7) is 0. The smallest absolute Gasteiger partial charge is 0.123 e. The minimum Gasteiger partial charge on any atom is -0.388 e. The van der Waals surface area contributed by atoms with Gasteiger partial charge in [-0.3, -0.25) is 0 Å². The number of hydrogen-bond donors (Lipinski definition) is 1. The molecule has 1 unspecified atom stereocenters. The van der Waals surface area contributed by atoms with Gasteiger partial charge in [0.1, 0.15) is 5.82 Å². The fraction of sp³-hybridized carbons (Fsp3) is 0.333. The van der Waals surface area contributed by atoms with E-state index in [-0.39, 0.29) is 24.4 Å². The number of aliphatic hydroxyl groups excluding tert-OH is 1. The second-order valence-corrected chi connectivity index (χ2v) is 2.90. The van der Waals surface area contributed by atoms with Gasteiger partial charge in [0.05, 0.1) is 6.10 Å². The molecule has 1 aliphatic carbocycles. The summed E-state index contributed by atoms with van der Waals surface area (Å²) < 4.78 is 12.6. The zero-order chi connectivity index (χ0) is 7.84. The van der Waals surface area contributed by atoms with Gasteiger partial charge in [-0.1, -0.05) is 6.07 Å². The number of benzene rings is 1. The van der Waals surface area contributed by atoms with Gasteiger partial charge in [0.2, 0.25) is 0 Å². The van der Waals surface area contributed by atoms with Gasteiger partial charge in [-0.25, -0.2) is 4.39 Å². The molecule has 63 valence electrons. The molecule has 0 aliphatic heterocycles. The van der Waals surface area contributed by atoms with Crippen LogP contribution < -0.4 is 0 Å². The van der Waals surface area contributed by atoms with Crippen molar-refractivity contribution < 1.29 is 28.1 Å². The molecule has 1 aromatic rings. The van der Waals surface area contributed by atoms with E-state index in [9.17, 15) is 9.50 Å². The summed E-state index contributed by atoms with van der Waals surface area (Å²) in [6.07, 6.45) is 1.16. The SMILES string of the molecule is OC1CCc2ccc(F)cc21.[V]. The Kier molecular flexibility index (Phi) is 2.94. The van der Waals surface area contributed by atoms with Crippen LogP contribution in [0.2, 0.25) is 0 Å². The first-order valence-corrected chi connectivity index (χ1v) is 3.74. The number of hydrogen-bond acceptors (Lipinski definition) is 1. The van der Waals surface area contributed by atoms with E-state index >= 15 is 0 Å². The molecule has 0 aromatic heterocycles. The summed E-state index contributed by atoms with van der Waals surface area (Å²) in [4.78, 5) is 0. The third-order valence-electron chi connectivity index (χ3n) is 2.15. The number of fused-ring (bicyclic) bond motifs is 1. The minimum absolute atomic E-state index is 0. The Bertz CT molecular complexity index is 288. The van der Waals surface area contributed by atoms with E-state index in [1.165, 1.54) is 12.1 Å². The number of aryl methyl sites for hydroxylation is 1. The van der Waals surface area contributed by atoms with Crippen molar-refractivity contribution in [3.05, 3.63) is 35.1 Å². The Morgan fingerprint density at radius 2 is 2.17 bits per heavy atom. The Balaban J connectivity index is 0.000000720. The number of rotatable bonds is 0. The van der Waals surface area contributed by atoms with Gasteiger partial charge >= 0.3 is 0 Å². The molecule has 0 fully saturated rings. The van der Waals surface area contributed by atoms with Crippen LogP contribution in [0.1, 0.15) is 23.7 Å². The van der Waals surface area contributed by atoms with Crippen LogP contribution in [0.3, 0.4) is 0 Å². The first kappa shape index (κ1) is 9.78. The van der Waals surface area contributed by atoms with Crippen LogP contribution in [0, 0.1) is 5.82 Å². The maximum Gasteiger partial charge on any atom is 0.123 e. The van der Waals surface area contributed by atoms with Crippen molar-refractivity contribution in [2.24, 2.45) is 0 Å². The Morgan fingerprint density at radius 1 is 1.42 bits per heavy atom. The molecule has 1 N–H and O–H groups in total. The predicted molar refractivity (Wildman–Crippen MR) is 39.7 cm³/mol. The molecule has 2 rings (SSSR count). The van der Waals surface area contributed by atoms with E-state index in [1.54, 1.807) is 6.07 Å². The molecule has 0 amide bonds. The van der Waals surface area contributed by atoms with E-state index in [1.807, 2.05) is 0 Å². The monoisotopic (exact) mass is 203 g/mol. The van der Waals surface area contributed by atoms with Crippen LogP contribution in [0.5, 0.6) is 0 Å². The van der Waals surface area contributed by atoms with Crippen molar-refractivity contribution in [1.82, 2.24) is 0 Å². The fourth-order valence-electron chi connectivity index (χ4n) is 1.55. The topological polar surface area (TPSA) is 20.2 Å². The molecule has 0 heterocycles. The van der Waals surface area contributed by atoms with Crippen molar-refractivity contribution >= 4 is 0 Å². The summed E-state index contributed by atoms with van der Waals surface area (Å²) in [7, 11) is 0. The van der Waals surface area contributed by atoms with E-state index in [0.29, 0.717) is 0 Å². The van der Waals surface area contributed by atoms with Crippen molar-refractivity contribution in [1.29, 1.82) is 0 Å². The molecular formula is C9H9FOV. The fourth-order valence-corrected chi connectivity index (χ4v) is 1.55. The molecule has 1 radical (unpaired) electrons. The van der Waals surface area contributed by atoms with Crippen LogP contribution in [-0.4, -0.2) is 5.11 Å². The van der Waals surface area contributed by atoms with Crippen molar-refractivity contribution in [3.63, 3.8) is 0 Å². The van der Waals surface area contributed by atoms with Crippen LogP contribution >= 0.6 is 0 Å². The van der Waals surface area contributed by atoms with E-state index in [4.69, 9.17) is 0 Å². The first-order valence-electron chi connectivity index (χ1n) is 3.74. The van der Waals surface area contributed by atoms with Gasteiger partial charge < -0.3 is 5.11 Å². The quantitative estimate of drug-likeness (QED) is 0.681. The zero-order valence-corrected chi connectivity index (χ0v) is 7.89. The summed E-state index contributed by atoms with van der Waals surface area (Å²) in [5.74, 6) is -0.260. The van der Waals surface area contributed by atoms with Crippen LogP contribution in [0.25, 0.3) is 0 Å². The maximum atomic E-state index is 12.6. The van der Waals surface area contributed by atoms with Gasteiger partial charge in [0.15, 0.2) is 0 Å². The molecule has 0 saturated heterocycles. The molecule has 12 heavy (non-hydrogen) atoms.